The monoisotopic (exact) mass is 221 g/mol. The fraction of sp³-hybridized carbons (Fsp3) is 0.538. The van der Waals surface area contributed by atoms with Crippen molar-refractivity contribution in [2.24, 2.45) is 0 Å². The Balaban J connectivity index is 1.65. The van der Waals surface area contributed by atoms with Crippen molar-refractivity contribution < 1.29 is 9.84 Å². The van der Waals surface area contributed by atoms with E-state index >= 15 is 0 Å². The van der Waals surface area contributed by atoms with Crippen molar-refractivity contribution in [1.82, 2.24) is 5.32 Å². The molecule has 0 aromatic heterocycles. The maximum Gasteiger partial charge on any atom is 0.0811 e. The van der Waals surface area contributed by atoms with Gasteiger partial charge in [0.15, 0.2) is 0 Å². The highest BCUT2D eigenvalue weighted by atomic mass is 16.5. The Morgan fingerprint density at radius 2 is 1.94 bits per heavy atom. The van der Waals surface area contributed by atoms with Gasteiger partial charge < -0.3 is 15.2 Å². The lowest BCUT2D eigenvalue weighted by Crippen LogP contribution is -2.27. The molecule has 0 spiro atoms. The number of hydrogen-bond donors (Lipinski definition) is 2. The Morgan fingerprint density at radius 1 is 1.19 bits per heavy atom. The fourth-order valence-electron chi connectivity index (χ4n) is 2.04. The van der Waals surface area contributed by atoms with Crippen LogP contribution in [0.1, 0.15) is 18.4 Å². The predicted octanol–water partition coefficient (Wildman–Crippen LogP) is 1.32. The number of aliphatic hydroxyl groups is 1. The van der Waals surface area contributed by atoms with E-state index in [-0.39, 0.29) is 18.8 Å². The van der Waals surface area contributed by atoms with Gasteiger partial charge in [-0.15, -0.1) is 0 Å². The summed E-state index contributed by atoms with van der Waals surface area (Å²) in [5, 5.41) is 12.3. The van der Waals surface area contributed by atoms with Crippen LogP contribution in [0.3, 0.4) is 0 Å². The fourth-order valence-corrected chi connectivity index (χ4v) is 2.04. The maximum atomic E-state index is 8.94. The summed E-state index contributed by atoms with van der Waals surface area (Å²) in [4.78, 5) is 0. The van der Waals surface area contributed by atoms with Gasteiger partial charge in [0.25, 0.3) is 0 Å². The molecule has 1 aromatic carbocycles. The van der Waals surface area contributed by atoms with Crippen molar-refractivity contribution in [3.8, 4) is 0 Å². The molecule has 0 aliphatic carbocycles. The molecule has 1 fully saturated rings. The number of nitrogens with one attached hydrogen (secondary N) is 1. The SMILES string of the molecule is OC[C@@H]1CC[C@H](CNCc2ccccc2)O1. The molecule has 2 N–H and O–H groups in total. The molecular weight excluding hydrogens is 202 g/mol. The summed E-state index contributed by atoms with van der Waals surface area (Å²) in [5.41, 5.74) is 1.29. The molecule has 0 saturated carbocycles. The average Bonchev–Trinajstić information content (AvgIpc) is 2.78. The largest absolute Gasteiger partial charge is 0.394 e. The quantitative estimate of drug-likeness (QED) is 0.788. The number of aliphatic hydroxyl groups excluding tert-OH is 1. The van der Waals surface area contributed by atoms with Gasteiger partial charge in [0.2, 0.25) is 0 Å². The van der Waals surface area contributed by atoms with Crippen LogP contribution < -0.4 is 5.32 Å². The molecule has 88 valence electrons. The van der Waals surface area contributed by atoms with Gasteiger partial charge in [0, 0.05) is 13.1 Å². The number of rotatable bonds is 5. The first kappa shape index (κ1) is 11.6. The summed E-state index contributed by atoms with van der Waals surface area (Å²) in [6.45, 7) is 1.89. The van der Waals surface area contributed by atoms with E-state index in [1.54, 1.807) is 0 Å². The van der Waals surface area contributed by atoms with E-state index in [9.17, 15) is 0 Å². The van der Waals surface area contributed by atoms with E-state index < -0.39 is 0 Å². The first-order chi connectivity index (χ1) is 7.88. The Labute approximate surface area is 96.4 Å². The van der Waals surface area contributed by atoms with Crippen molar-refractivity contribution in [2.75, 3.05) is 13.2 Å². The highest BCUT2D eigenvalue weighted by Gasteiger charge is 2.23. The predicted molar refractivity (Wildman–Crippen MR) is 63.1 cm³/mol. The third-order valence-electron chi connectivity index (χ3n) is 2.94. The summed E-state index contributed by atoms with van der Waals surface area (Å²) < 4.78 is 5.64. The van der Waals surface area contributed by atoms with E-state index in [0.717, 1.165) is 25.9 Å². The van der Waals surface area contributed by atoms with Gasteiger partial charge >= 0.3 is 0 Å². The van der Waals surface area contributed by atoms with Gasteiger partial charge in [-0.25, -0.2) is 0 Å². The molecule has 0 unspecified atom stereocenters. The Hall–Kier alpha value is -0.900. The molecular formula is C13H19NO2. The molecule has 1 aliphatic heterocycles. The Bertz CT molecular complexity index is 302. The van der Waals surface area contributed by atoms with Crippen LogP contribution in [-0.4, -0.2) is 30.5 Å². The number of benzene rings is 1. The van der Waals surface area contributed by atoms with Crippen LogP contribution in [0.15, 0.2) is 30.3 Å². The van der Waals surface area contributed by atoms with Crippen LogP contribution in [-0.2, 0) is 11.3 Å². The van der Waals surface area contributed by atoms with Crippen molar-refractivity contribution in [1.29, 1.82) is 0 Å². The van der Waals surface area contributed by atoms with E-state index in [0.29, 0.717) is 0 Å². The third-order valence-corrected chi connectivity index (χ3v) is 2.94. The molecule has 1 saturated heterocycles. The lowest BCUT2D eigenvalue weighted by molar-refractivity contribution is 0.0123. The molecule has 1 heterocycles. The van der Waals surface area contributed by atoms with E-state index in [4.69, 9.17) is 9.84 Å². The molecule has 2 rings (SSSR count). The molecule has 2 atom stereocenters. The van der Waals surface area contributed by atoms with E-state index in [1.807, 2.05) is 18.2 Å². The summed E-state index contributed by atoms with van der Waals surface area (Å²) in [6.07, 6.45) is 2.35. The molecule has 1 aliphatic rings. The first-order valence-electron chi connectivity index (χ1n) is 5.89. The highest BCUT2D eigenvalue weighted by molar-refractivity contribution is 5.14. The van der Waals surface area contributed by atoms with Crippen LogP contribution in [0.25, 0.3) is 0 Å². The zero-order valence-corrected chi connectivity index (χ0v) is 9.43. The average molecular weight is 221 g/mol. The topological polar surface area (TPSA) is 41.5 Å². The maximum absolute atomic E-state index is 8.94. The minimum atomic E-state index is 0.0588. The molecule has 3 heteroatoms. The summed E-state index contributed by atoms with van der Waals surface area (Å²) >= 11 is 0. The third kappa shape index (κ3) is 3.30. The molecule has 0 radical (unpaired) electrons. The molecule has 3 nitrogen and oxygen atoms in total. The second-order valence-corrected chi connectivity index (χ2v) is 4.26. The van der Waals surface area contributed by atoms with Gasteiger partial charge in [0.1, 0.15) is 0 Å². The lowest BCUT2D eigenvalue weighted by Gasteiger charge is -2.12. The molecule has 16 heavy (non-hydrogen) atoms. The zero-order valence-electron chi connectivity index (χ0n) is 9.43. The smallest absolute Gasteiger partial charge is 0.0811 e. The van der Waals surface area contributed by atoms with E-state index in [2.05, 4.69) is 17.4 Å². The zero-order chi connectivity index (χ0) is 11.2. The van der Waals surface area contributed by atoms with Gasteiger partial charge in [-0.3, -0.25) is 0 Å². The van der Waals surface area contributed by atoms with Gasteiger partial charge in [-0.05, 0) is 18.4 Å². The second kappa shape index (κ2) is 5.99. The van der Waals surface area contributed by atoms with Crippen LogP contribution in [0.2, 0.25) is 0 Å². The van der Waals surface area contributed by atoms with Crippen LogP contribution in [0.4, 0.5) is 0 Å². The first-order valence-corrected chi connectivity index (χ1v) is 5.89. The Kier molecular flexibility index (Phi) is 4.34. The van der Waals surface area contributed by atoms with Crippen LogP contribution in [0.5, 0.6) is 0 Å². The minimum absolute atomic E-state index is 0.0588. The normalized spacial score (nSPS) is 24.8. The van der Waals surface area contributed by atoms with Crippen molar-refractivity contribution >= 4 is 0 Å². The van der Waals surface area contributed by atoms with Gasteiger partial charge in [0.05, 0.1) is 18.8 Å². The number of hydrogen-bond acceptors (Lipinski definition) is 3. The lowest BCUT2D eigenvalue weighted by atomic mass is 10.2. The van der Waals surface area contributed by atoms with Crippen molar-refractivity contribution in [3.05, 3.63) is 35.9 Å². The highest BCUT2D eigenvalue weighted by Crippen LogP contribution is 2.18. The second-order valence-electron chi connectivity index (χ2n) is 4.26. The Morgan fingerprint density at radius 3 is 2.62 bits per heavy atom. The van der Waals surface area contributed by atoms with E-state index in [1.165, 1.54) is 5.56 Å². The van der Waals surface area contributed by atoms with Crippen molar-refractivity contribution in [3.63, 3.8) is 0 Å². The number of ether oxygens (including phenoxy) is 1. The van der Waals surface area contributed by atoms with Crippen LogP contribution >= 0.6 is 0 Å². The van der Waals surface area contributed by atoms with Crippen molar-refractivity contribution in [2.45, 2.75) is 31.6 Å². The summed E-state index contributed by atoms with van der Waals surface area (Å²) in [6, 6.07) is 10.3. The van der Waals surface area contributed by atoms with Gasteiger partial charge in [-0.1, -0.05) is 30.3 Å². The molecule has 1 aromatic rings. The van der Waals surface area contributed by atoms with Gasteiger partial charge in [-0.2, -0.15) is 0 Å². The molecule has 0 bridgehead atoms. The summed E-state index contributed by atoms with van der Waals surface area (Å²) in [5.74, 6) is 0. The van der Waals surface area contributed by atoms with Crippen LogP contribution in [0, 0.1) is 0 Å². The molecule has 0 amide bonds. The minimum Gasteiger partial charge on any atom is -0.394 e. The summed E-state index contributed by atoms with van der Waals surface area (Å²) in [7, 11) is 0. The standard InChI is InChI=1S/C13H19NO2/c15-10-13-7-6-12(16-13)9-14-8-11-4-2-1-3-5-11/h1-5,12-15H,6-10H2/t12-,13+/m1/s1.